The van der Waals surface area contributed by atoms with Gasteiger partial charge in [0.05, 0.1) is 13.2 Å². The van der Waals surface area contributed by atoms with Gasteiger partial charge in [0, 0.05) is 5.41 Å². The molecule has 0 rings (SSSR count). The molecule has 0 aliphatic carbocycles. The van der Waals surface area contributed by atoms with Crippen molar-refractivity contribution in [1.29, 1.82) is 0 Å². The lowest BCUT2D eigenvalue weighted by Gasteiger charge is -2.20. The number of alkyl halides is 2. The summed E-state index contributed by atoms with van der Waals surface area (Å²) in [7, 11) is 0. The number of aliphatic hydroxyl groups excluding tert-OH is 1. The molecule has 1 N–H and O–H groups in total. The molecule has 0 radical (unpaired) electrons. The molecule has 10 heavy (non-hydrogen) atoms. The van der Waals surface area contributed by atoms with Gasteiger partial charge in [0.15, 0.2) is 0 Å². The van der Waals surface area contributed by atoms with E-state index in [2.05, 4.69) is 4.74 Å². The standard InChI is InChI=1S/C6H12F2O2/c1-6(2,3-9)4-10-5(7)8/h5,9H,3-4H2,1-2H3. The molecule has 0 aromatic heterocycles. The van der Waals surface area contributed by atoms with Crippen LogP contribution in [-0.2, 0) is 4.74 Å². The van der Waals surface area contributed by atoms with Gasteiger partial charge in [-0.3, -0.25) is 0 Å². The predicted molar refractivity (Wildman–Crippen MR) is 32.8 cm³/mol. The van der Waals surface area contributed by atoms with E-state index in [0.29, 0.717) is 0 Å². The zero-order valence-corrected chi connectivity index (χ0v) is 6.10. The summed E-state index contributed by atoms with van der Waals surface area (Å²) in [6, 6.07) is 0. The maximum atomic E-state index is 11.4. The van der Waals surface area contributed by atoms with E-state index in [9.17, 15) is 8.78 Å². The Morgan fingerprint density at radius 2 is 2.00 bits per heavy atom. The molecule has 0 spiro atoms. The molecule has 0 atom stereocenters. The fourth-order valence-corrected chi connectivity index (χ4v) is 0.334. The van der Waals surface area contributed by atoms with E-state index in [4.69, 9.17) is 5.11 Å². The molecule has 0 unspecified atom stereocenters. The lowest BCUT2D eigenvalue weighted by atomic mass is 9.97. The lowest BCUT2D eigenvalue weighted by Crippen LogP contribution is -2.24. The van der Waals surface area contributed by atoms with Gasteiger partial charge in [0.1, 0.15) is 0 Å². The highest BCUT2D eigenvalue weighted by molar-refractivity contribution is 4.64. The van der Waals surface area contributed by atoms with Crippen LogP contribution in [0.15, 0.2) is 0 Å². The third kappa shape index (κ3) is 4.64. The highest BCUT2D eigenvalue weighted by Crippen LogP contribution is 2.15. The molecule has 0 saturated heterocycles. The predicted octanol–water partition coefficient (Wildman–Crippen LogP) is 1.24. The molecule has 2 nitrogen and oxygen atoms in total. The van der Waals surface area contributed by atoms with Crippen LogP contribution >= 0.6 is 0 Å². The zero-order valence-electron chi connectivity index (χ0n) is 6.10. The van der Waals surface area contributed by atoms with Gasteiger partial charge in [-0.25, -0.2) is 0 Å². The summed E-state index contributed by atoms with van der Waals surface area (Å²) in [6.45, 7) is 0.275. The highest BCUT2D eigenvalue weighted by atomic mass is 19.3. The average Bonchev–Trinajstić information content (AvgIpc) is 1.85. The smallest absolute Gasteiger partial charge is 0.345 e. The normalized spacial score (nSPS) is 12.6. The van der Waals surface area contributed by atoms with E-state index >= 15 is 0 Å². The number of ether oxygens (including phenoxy) is 1. The number of halogens is 2. The number of aliphatic hydroxyl groups is 1. The molecular formula is C6H12F2O2. The van der Waals surface area contributed by atoms with Gasteiger partial charge in [-0.1, -0.05) is 13.8 Å². The second kappa shape index (κ2) is 3.83. The fourth-order valence-electron chi connectivity index (χ4n) is 0.334. The summed E-state index contributed by atoms with van der Waals surface area (Å²) in [5, 5.41) is 8.58. The van der Waals surface area contributed by atoms with E-state index in [1.54, 1.807) is 13.8 Å². The van der Waals surface area contributed by atoms with Crippen molar-refractivity contribution in [2.75, 3.05) is 13.2 Å². The molecule has 0 fully saturated rings. The van der Waals surface area contributed by atoms with Crippen LogP contribution in [0.4, 0.5) is 8.78 Å². The summed E-state index contributed by atoms with van der Waals surface area (Å²) >= 11 is 0. The minimum atomic E-state index is -2.74. The monoisotopic (exact) mass is 154 g/mol. The van der Waals surface area contributed by atoms with Crippen molar-refractivity contribution in [2.45, 2.75) is 20.5 Å². The van der Waals surface area contributed by atoms with Gasteiger partial charge in [0.2, 0.25) is 0 Å². The molecule has 0 aromatic carbocycles. The fraction of sp³-hybridized carbons (Fsp3) is 1.00. The molecule has 0 bridgehead atoms. The Morgan fingerprint density at radius 1 is 1.50 bits per heavy atom. The van der Waals surface area contributed by atoms with E-state index < -0.39 is 12.0 Å². The van der Waals surface area contributed by atoms with Crippen LogP contribution in [0.25, 0.3) is 0 Å². The molecular weight excluding hydrogens is 142 g/mol. The molecule has 0 aliphatic rings. The summed E-state index contributed by atoms with van der Waals surface area (Å²) in [6.07, 6.45) is 0. The highest BCUT2D eigenvalue weighted by Gasteiger charge is 2.18. The summed E-state index contributed by atoms with van der Waals surface area (Å²) in [5.41, 5.74) is -0.573. The molecule has 0 heterocycles. The quantitative estimate of drug-likeness (QED) is 0.660. The van der Waals surface area contributed by atoms with E-state index in [-0.39, 0.29) is 13.2 Å². The number of rotatable bonds is 4. The van der Waals surface area contributed by atoms with Crippen LogP contribution in [0.1, 0.15) is 13.8 Å². The average molecular weight is 154 g/mol. The van der Waals surface area contributed by atoms with Crippen LogP contribution in [0.3, 0.4) is 0 Å². The van der Waals surface area contributed by atoms with E-state index in [1.165, 1.54) is 0 Å². The van der Waals surface area contributed by atoms with Crippen molar-refractivity contribution >= 4 is 0 Å². The lowest BCUT2D eigenvalue weighted by molar-refractivity contribution is -0.152. The first-order chi connectivity index (χ1) is 4.48. The van der Waals surface area contributed by atoms with E-state index in [0.717, 1.165) is 0 Å². The van der Waals surface area contributed by atoms with Crippen LogP contribution < -0.4 is 0 Å². The maximum absolute atomic E-state index is 11.4. The minimum Gasteiger partial charge on any atom is -0.396 e. The van der Waals surface area contributed by atoms with Gasteiger partial charge in [-0.05, 0) is 0 Å². The molecule has 62 valence electrons. The first-order valence-corrected chi connectivity index (χ1v) is 2.98. The molecule has 0 aliphatic heterocycles. The SMILES string of the molecule is CC(C)(CO)COC(F)F. The van der Waals surface area contributed by atoms with E-state index in [1.807, 2.05) is 0 Å². The number of hydrogen-bond donors (Lipinski definition) is 1. The van der Waals surface area contributed by atoms with Gasteiger partial charge < -0.3 is 9.84 Å². The maximum Gasteiger partial charge on any atom is 0.345 e. The van der Waals surface area contributed by atoms with Crippen molar-refractivity contribution in [3.05, 3.63) is 0 Å². The van der Waals surface area contributed by atoms with Crippen LogP contribution in [0.5, 0.6) is 0 Å². The summed E-state index contributed by atoms with van der Waals surface area (Å²) < 4.78 is 26.8. The first-order valence-electron chi connectivity index (χ1n) is 2.98. The molecule has 0 saturated carbocycles. The van der Waals surface area contributed by atoms with Crippen LogP contribution in [-0.4, -0.2) is 24.9 Å². The second-order valence-electron chi connectivity index (χ2n) is 2.89. The first kappa shape index (κ1) is 9.78. The van der Waals surface area contributed by atoms with Gasteiger partial charge in [-0.15, -0.1) is 0 Å². The molecule has 0 amide bonds. The van der Waals surface area contributed by atoms with Crippen molar-refractivity contribution in [3.63, 3.8) is 0 Å². The van der Waals surface area contributed by atoms with Crippen molar-refractivity contribution < 1.29 is 18.6 Å². The minimum absolute atomic E-state index is 0.124. The van der Waals surface area contributed by atoms with Crippen LogP contribution in [0, 0.1) is 5.41 Å². The van der Waals surface area contributed by atoms with Gasteiger partial charge in [-0.2, -0.15) is 8.78 Å². The molecule has 4 heteroatoms. The zero-order chi connectivity index (χ0) is 8.20. The van der Waals surface area contributed by atoms with Crippen molar-refractivity contribution in [1.82, 2.24) is 0 Å². The summed E-state index contributed by atoms with van der Waals surface area (Å²) in [4.78, 5) is 0. The van der Waals surface area contributed by atoms with Gasteiger partial charge in [0.25, 0.3) is 0 Å². The Morgan fingerprint density at radius 3 is 2.30 bits per heavy atom. The Kier molecular flexibility index (Phi) is 3.75. The largest absolute Gasteiger partial charge is 0.396 e. The second-order valence-corrected chi connectivity index (χ2v) is 2.89. The Hall–Kier alpha value is -0.220. The Labute approximate surface area is 58.8 Å². The Bertz CT molecular complexity index is 93.7. The third-order valence-electron chi connectivity index (χ3n) is 1.03. The summed E-state index contributed by atoms with van der Waals surface area (Å²) in [5.74, 6) is 0. The van der Waals surface area contributed by atoms with Crippen molar-refractivity contribution in [3.8, 4) is 0 Å². The Balaban J connectivity index is 3.46. The van der Waals surface area contributed by atoms with Crippen molar-refractivity contribution in [2.24, 2.45) is 5.41 Å². The van der Waals surface area contributed by atoms with Gasteiger partial charge >= 0.3 is 6.61 Å². The topological polar surface area (TPSA) is 29.5 Å². The number of hydrogen-bond acceptors (Lipinski definition) is 2. The molecule has 0 aromatic rings. The van der Waals surface area contributed by atoms with Crippen LogP contribution in [0.2, 0.25) is 0 Å². The third-order valence-corrected chi connectivity index (χ3v) is 1.03.